The van der Waals surface area contributed by atoms with Gasteiger partial charge in [-0.1, -0.05) is 59.3 Å². The smallest absolute Gasteiger partial charge is 0.173 e. The largest absolute Gasteiger partial charge is 0.287 e. The van der Waals surface area contributed by atoms with Gasteiger partial charge in [0, 0.05) is 22.0 Å². The van der Waals surface area contributed by atoms with E-state index >= 15 is 0 Å². The van der Waals surface area contributed by atoms with Crippen LogP contribution in [0.1, 0.15) is 5.56 Å². The third kappa shape index (κ3) is 3.52. The van der Waals surface area contributed by atoms with Gasteiger partial charge in [-0.25, -0.2) is 4.98 Å². The molecule has 1 aromatic heterocycles. The van der Waals surface area contributed by atoms with Crippen molar-refractivity contribution in [3.05, 3.63) is 78.0 Å². The van der Waals surface area contributed by atoms with E-state index in [1.807, 2.05) is 36.5 Å². The van der Waals surface area contributed by atoms with Crippen molar-refractivity contribution >= 4 is 23.4 Å². The molecule has 0 saturated carbocycles. The Bertz CT molecular complexity index is 804. The Morgan fingerprint density at radius 1 is 1.13 bits per heavy atom. The Morgan fingerprint density at radius 3 is 2.48 bits per heavy atom. The molecule has 0 fully saturated rings. The zero-order chi connectivity index (χ0) is 16.2. The minimum atomic E-state index is 0.728. The molecular formula is C19H17ClN2S. The van der Waals surface area contributed by atoms with E-state index in [0.29, 0.717) is 0 Å². The fourth-order valence-corrected chi connectivity index (χ4v) is 3.19. The highest BCUT2D eigenvalue weighted by Crippen LogP contribution is 2.30. The SMILES string of the molecule is C=CCSc1ncc(-c2ccc(C)cc2)n1-c1ccc(Cl)cc1. The van der Waals surface area contributed by atoms with Crippen LogP contribution < -0.4 is 0 Å². The molecule has 2 nitrogen and oxygen atoms in total. The fraction of sp³-hybridized carbons (Fsp3) is 0.105. The molecule has 116 valence electrons. The summed E-state index contributed by atoms with van der Waals surface area (Å²) in [6.07, 6.45) is 3.81. The molecule has 3 rings (SSSR count). The highest BCUT2D eigenvalue weighted by Gasteiger charge is 2.13. The van der Waals surface area contributed by atoms with Crippen molar-refractivity contribution in [2.24, 2.45) is 0 Å². The predicted molar refractivity (Wildman–Crippen MR) is 99.7 cm³/mol. The second-order valence-electron chi connectivity index (χ2n) is 5.20. The van der Waals surface area contributed by atoms with Crippen molar-refractivity contribution in [3.8, 4) is 16.9 Å². The summed E-state index contributed by atoms with van der Waals surface area (Å²) >= 11 is 7.69. The van der Waals surface area contributed by atoms with Gasteiger partial charge in [-0.05, 0) is 31.2 Å². The second kappa shape index (κ2) is 7.07. The summed E-state index contributed by atoms with van der Waals surface area (Å²) < 4.78 is 2.16. The summed E-state index contributed by atoms with van der Waals surface area (Å²) in [5, 5.41) is 1.67. The van der Waals surface area contributed by atoms with Gasteiger partial charge in [0.15, 0.2) is 5.16 Å². The maximum Gasteiger partial charge on any atom is 0.173 e. The lowest BCUT2D eigenvalue weighted by Crippen LogP contribution is -1.99. The van der Waals surface area contributed by atoms with Crippen molar-refractivity contribution in [3.63, 3.8) is 0 Å². The molecule has 1 heterocycles. The minimum absolute atomic E-state index is 0.728. The molecule has 0 radical (unpaired) electrons. The Kier molecular flexibility index (Phi) is 4.89. The Hall–Kier alpha value is -1.97. The van der Waals surface area contributed by atoms with Crippen molar-refractivity contribution in [2.75, 3.05) is 5.75 Å². The molecule has 0 aliphatic heterocycles. The molecule has 4 heteroatoms. The Morgan fingerprint density at radius 2 is 1.83 bits per heavy atom. The van der Waals surface area contributed by atoms with Gasteiger partial charge >= 0.3 is 0 Å². The first-order chi connectivity index (χ1) is 11.2. The molecule has 0 amide bonds. The van der Waals surface area contributed by atoms with Crippen LogP contribution in [-0.2, 0) is 0 Å². The molecule has 0 aliphatic rings. The minimum Gasteiger partial charge on any atom is -0.287 e. The molecule has 0 bridgehead atoms. The number of thioether (sulfide) groups is 1. The number of hydrogen-bond donors (Lipinski definition) is 0. The van der Waals surface area contributed by atoms with Crippen LogP contribution in [0.15, 0.2) is 72.5 Å². The van der Waals surface area contributed by atoms with E-state index in [4.69, 9.17) is 11.6 Å². The number of rotatable bonds is 5. The van der Waals surface area contributed by atoms with Crippen LogP contribution in [0.2, 0.25) is 5.02 Å². The van der Waals surface area contributed by atoms with Gasteiger partial charge in [-0.3, -0.25) is 4.57 Å². The normalized spacial score (nSPS) is 10.7. The molecule has 23 heavy (non-hydrogen) atoms. The maximum absolute atomic E-state index is 6.03. The summed E-state index contributed by atoms with van der Waals surface area (Å²) in [5.41, 5.74) is 4.50. The van der Waals surface area contributed by atoms with Crippen LogP contribution in [-0.4, -0.2) is 15.3 Å². The van der Waals surface area contributed by atoms with Gasteiger partial charge < -0.3 is 0 Å². The predicted octanol–water partition coefficient (Wildman–Crippen LogP) is 5.78. The molecule has 0 saturated heterocycles. The first-order valence-corrected chi connectivity index (χ1v) is 8.70. The van der Waals surface area contributed by atoms with Gasteiger partial charge in [-0.2, -0.15) is 0 Å². The maximum atomic E-state index is 6.03. The van der Waals surface area contributed by atoms with E-state index in [2.05, 4.69) is 47.3 Å². The summed E-state index contributed by atoms with van der Waals surface area (Å²) in [6.45, 7) is 5.88. The van der Waals surface area contributed by atoms with Gasteiger partial charge in [0.2, 0.25) is 0 Å². The molecule has 0 N–H and O–H groups in total. The van der Waals surface area contributed by atoms with Gasteiger partial charge in [-0.15, -0.1) is 6.58 Å². The molecule has 0 unspecified atom stereocenters. The van der Waals surface area contributed by atoms with E-state index in [-0.39, 0.29) is 0 Å². The topological polar surface area (TPSA) is 17.8 Å². The third-order valence-electron chi connectivity index (χ3n) is 3.49. The monoisotopic (exact) mass is 340 g/mol. The first kappa shape index (κ1) is 15.9. The van der Waals surface area contributed by atoms with Crippen molar-refractivity contribution in [2.45, 2.75) is 12.1 Å². The summed E-state index contributed by atoms with van der Waals surface area (Å²) in [6, 6.07) is 16.3. The zero-order valence-electron chi connectivity index (χ0n) is 12.9. The lowest BCUT2D eigenvalue weighted by molar-refractivity contribution is 0.902. The van der Waals surface area contributed by atoms with E-state index in [0.717, 1.165) is 32.9 Å². The van der Waals surface area contributed by atoms with Crippen LogP contribution in [0.5, 0.6) is 0 Å². The number of aryl methyl sites for hydroxylation is 1. The highest BCUT2D eigenvalue weighted by atomic mass is 35.5. The van der Waals surface area contributed by atoms with Gasteiger partial charge in [0.1, 0.15) is 0 Å². The highest BCUT2D eigenvalue weighted by molar-refractivity contribution is 7.99. The van der Waals surface area contributed by atoms with Gasteiger partial charge in [0.25, 0.3) is 0 Å². The Labute approximate surface area is 145 Å². The van der Waals surface area contributed by atoms with E-state index in [9.17, 15) is 0 Å². The van der Waals surface area contributed by atoms with Crippen LogP contribution in [0.25, 0.3) is 16.9 Å². The molecule has 0 spiro atoms. The van der Waals surface area contributed by atoms with E-state index < -0.39 is 0 Å². The molecule has 0 aliphatic carbocycles. The van der Waals surface area contributed by atoms with Crippen LogP contribution in [0.4, 0.5) is 0 Å². The number of benzene rings is 2. The number of nitrogens with zero attached hydrogens (tertiary/aromatic N) is 2. The summed E-state index contributed by atoms with van der Waals surface area (Å²) in [4.78, 5) is 4.60. The molecule has 3 aromatic rings. The summed E-state index contributed by atoms with van der Waals surface area (Å²) in [7, 11) is 0. The van der Waals surface area contributed by atoms with Crippen molar-refractivity contribution < 1.29 is 0 Å². The second-order valence-corrected chi connectivity index (χ2v) is 6.63. The van der Waals surface area contributed by atoms with E-state index in [1.54, 1.807) is 11.8 Å². The lowest BCUT2D eigenvalue weighted by Gasteiger charge is -2.12. The number of hydrogen-bond acceptors (Lipinski definition) is 2. The fourth-order valence-electron chi connectivity index (χ4n) is 2.34. The number of aromatic nitrogens is 2. The lowest BCUT2D eigenvalue weighted by atomic mass is 10.1. The Balaban J connectivity index is 2.12. The average molecular weight is 341 g/mol. The number of imidazole rings is 1. The quantitative estimate of drug-likeness (QED) is 0.433. The van der Waals surface area contributed by atoms with Crippen LogP contribution >= 0.6 is 23.4 Å². The molecule has 2 aromatic carbocycles. The number of halogens is 1. The first-order valence-electron chi connectivity index (χ1n) is 7.33. The summed E-state index contributed by atoms with van der Waals surface area (Å²) in [5.74, 6) is 0.817. The zero-order valence-corrected chi connectivity index (χ0v) is 14.4. The molecule has 0 atom stereocenters. The van der Waals surface area contributed by atoms with Crippen LogP contribution in [0, 0.1) is 6.92 Å². The van der Waals surface area contributed by atoms with Crippen molar-refractivity contribution in [1.82, 2.24) is 9.55 Å². The van der Waals surface area contributed by atoms with Crippen LogP contribution in [0.3, 0.4) is 0 Å². The van der Waals surface area contributed by atoms with E-state index in [1.165, 1.54) is 5.56 Å². The van der Waals surface area contributed by atoms with Crippen molar-refractivity contribution in [1.29, 1.82) is 0 Å². The standard InChI is InChI=1S/C19H17ClN2S/c1-3-12-23-19-21-13-18(15-6-4-14(2)5-7-15)22(19)17-10-8-16(20)9-11-17/h3-11,13H,1,12H2,2H3. The average Bonchev–Trinajstić information content (AvgIpc) is 2.98. The third-order valence-corrected chi connectivity index (χ3v) is 4.69. The van der Waals surface area contributed by atoms with Gasteiger partial charge in [0.05, 0.1) is 11.9 Å². The molecular weight excluding hydrogens is 324 g/mol.